The van der Waals surface area contributed by atoms with Gasteiger partial charge in [-0.25, -0.2) is 0 Å². The van der Waals surface area contributed by atoms with Gasteiger partial charge in [0.2, 0.25) is 0 Å². The van der Waals surface area contributed by atoms with E-state index in [1.807, 2.05) is 44.2 Å². The predicted octanol–water partition coefficient (Wildman–Crippen LogP) is 3.75. The van der Waals surface area contributed by atoms with E-state index < -0.39 is 0 Å². The summed E-state index contributed by atoms with van der Waals surface area (Å²) >= 11 is 0. The van der Waals surface area contributed by atoms with Crippen LogP contribution in [0.5, 0.6) is 0 Å². The normalized spacial score (nSPS) is 13.2. The van der Waals surface area contributed by atoms with Crippen molar-refractivity contribution in [2.75, 3.05) is 0 Å². The summed E-state index contributed by atoms with van der Waals surface area (Å²) in [4.78, 5) is 4.48. The van der Waals surface area contributed by atoms with Crippen molar-refractivity contribution in [3.05, 3.63) is 42.0 Å². The Hall–Kier alpha value is -1.37. The molecule has 1 nitrogen and oxygen atoms in total. The second kappa shape index (κ2) is 4.61. The van der Waals surface area contributed by atoms with Crippen LogP contribution in [-0.2, 0) is 0 Å². The minimum Gasteiger partial charge on any atom is -0.254 e. The van der Waals surface area contributed by atoms with Crippen LogP contribution in [0.25, 0.3) is 0 Å². The van der Waals surface area contributed by atoms with Crippen LogP contribution in [0.1, 0.15) is 20.8 Å². The maximum Gasteiger partial charge on any atom is 0.0632 e. The average Bonchev–Trinajstić information content (AvgIpc) is 2.18. The number of hydrogen-bond donors (Lipinski definition) is 0. The maximum atomic E-state index is 4.48. The largest absolute Gasteiger partial charge is 0.254 e. The van der Waals surface area contributed by atoms with Crippen molar-refractivity contribution in [1.82, 2.24) is 0 Å². The van der Waals surface area contributed by atoms with E-state index in [1.54, 1.807) is 0 Å². The van der Waals surface area contributed by atoms with Crippen LogP contribution < -0.4 is 0 Å². The molecular weight excluding hydrogens is 158 g/mol. The molecule has 0 fully saturated rings. The number of hydrogen-bond acceptors (Lipinski definition) is 1. The fourth-order valence-electron chi connectivity index (χ4n) is 0.993. The molecule has 0 saturated carbocycles. The van der Waals surface area contributed by atoms with E-state index in [0.29, 0.717) is 0 Å². The molecule has 0 radical (unpaired) electrons. The highest BCUT2D eigenvalue weighted by molar-refractivity contribution is 5.99. The minimum absolute atomic E-state index is 1.02. The molecule has 0 amide bonds. The zero-order valence-corrected chi connectivity index (χ0v) is 8.41. The van der Waals surface area contributed by atoms with Crippen LogP contribution in [0.3, 0.4) is 0 Å². The molecule has 0 spiro atoms. The van der Waals surface area contributed by atoms with Gasteiger partial charge < -0.3 is 0 Å². The number of rotatable bonds is 2. The molecule has 0 atom stereocenters. The Morgan fingerprint density at radius 2 is 1.77 bits per heavy atom. The van der Waals surface area contributed by atoms with Crippen molar-refractivity contribution in [2.24, 2.45) is 4.99 Å². The van der Waals surface area contributed by atoms with Crippen molar-refractivity contribution in [3.63, 3.8) is 0 Å². The van der Waals surface area contributed by atoms with Crippen molar-refractivity contribution < 1.29 is 0 Å². The zero-order valence-electron chi connectivity index (χ0n) is 8.41. The molecule has 0 aromatic heterocycles. The summed E-state index contributed by atoms with van der Waals surface area (Å²) in [7, 11) is 0. The molecule has 0 bridgehead atoms. The zero-order chi connectivity index (χ0) is 9.68. The summed E-state index contributed by atoms with van der Waals surface area (Å²) in [6, 6.07) is 10.0. The van der Waals surface area contributed by atoms with E-state index in [0.717, 1.165) is 11.4 Å². The molecule has 0 unspecified atom stereocenters. The van der Waals surface area contributed by atoms with Crippen molar-refractivity contribution in [3.8, 4) is 0 Å². The first kappa shape index (κ1) is 9.72. The Morgan fingerprint density at radius 1 is 1.15 bits per heavy atom. The third kappa shape index (κ3) is 2.86. The number of para-hydroxylation sites is 1. The summed E-state index contributed by atoms with van der Waals surface area (Å²) in [6.07, 6.45) is 2.07. The summed E-state index contributed by atoms with van der Waals surface area (Å²) < 4.78 is 0. The van der Waals surface area contributed by atoms with Gasteiger partial charge in [0, 0.05) is 5.71 Å². The second-order valence-corrected chi connectivity index (χ2v) is 3.00. The molecule has 0 aliphatic rings. The van der Waals surface area contributed by atoms with E-state index in [-0.39, 0.29) is 0 Å². The maximum absolute atomic E-state index is 4.48. The summed E-state index contributed by atoms with van der Waals surface area (Å²) in [5, 5.41) is 0. The van der Waals surface area contributed by atoms with Crippen LogP contribution in [0, 0.1) is 0 Å². The summed E-state index contributed by atoms with van der Waals surface area (Å²) in [6.45, 7) is 6.13. The lowest BCUT2D eigenvalue weighted by molar-refractivity contribution is 1.43. The molecule has 1 rings (SSSR count). The molecule has 68 valence electrons. The van der Waals surface area contributed by atoms with Gasteiger partial charge in [0.05, 0.1) is 5.69 Å². The molecule has 1 aromatic rings. The average molecular weight is 173 g/mol. The van der Waals surface area contributed by atoms with Crippen LogP contribution in [0.4, 0.5) is 5.69 Å². The van der Waals surface area contributed by atoms with Gasteiger partial charge in [-0.05, 0) is 38.5 Å². The minimum atomic E-state index is 1.02. The number of allylic oxidation sites excluding steroid dienone is 2. The molecular formula is C12H15N. The number of nitrogens with zero attached hydrogens (tertiary/aromatic N) is 1. The van der Waals surface area contributed by atoms with Crippen LogP contribution in [0.15, 0.2) is 47.0 Å². The highest BCUT2D eigenvalue weighted by Crippen LogP contribution is 2.12. The molecule has 0 N–H and O–H groups in total. The van der Waals surface area contributed by atoms with Gasteiger partial charge in [-0.2, -0.15) is 0 Å². The second-order valence-electron chi connectivity index (χ2n) is 3.00. The first-order valence-corrected chi connectivity index (χ1v) is 4.47. The van der Waals surface area contributed by atoms with E-state index in [1.165, 1.54) is 5.57 Å². The summed E-state index contributed by atoms with van der Waals surface area (Å²) in [5.41, 5.74) is 3.32. The van der Waals surface area contributed by atoms with Gasteiger partial charge in [-0.1, -0.05) is 24.3 Å². The van der Waals surface area contributed by atoms with E-state index in [2.05, 4.69) is 18.0 Å². The predicted molar refractivity (Wildman–Crippen MR) is 58.6 cm³/mol. The Balaban J connectivity index is 2.89. The first-order valence-electron chi connectivity index (χ1n) is 4.47. The van der Waals surface area contributed by atoms with Crippen LogP contribution >= 0.6 is 0 Å². The molecule has 0 aliphatic heterocycles. The fourth-order valence-corrected chi connectivity index (χ4v) is 0.993. The fraction of sp³-hybridized carbons (Fsp3) is 0.250. The van der Waals surface area contributed by atoms with E-state index in [4.69, 9.17) is 0 Å². The Kier molecular flexibility index (Phi) is 3.44. The molecule has 1 heteroatoms. The molecule has 1 aromatic carbocycles. The van der Waals surface area contributed by atoms with Crippen molar-refractivity contribution >= 4 is 11.4 Å². The van der Waals surface area contributed by atoms with Crippen molar-refractivity contribution in [2.45, 2.75) is 20.8 Å². The summed E-state index contributed by atoms with van der Waals surface area (Å²) in [5.74, 6) is 0. The topological polar surface area (TPSA) is 12.4 Å². The van der Waals surface area contributed by atoms with Crippen LogP contribution in [0.2, 0.25) is 0 Å². The van der Waals surface area contributed by atoms with Gasteiger partial charge in [0.1, 0.15) is 0 Å². The lowest BCUT2D eigenvalue weighted by Gasteiger charge is -1.99. The highest BCUT2D eigenvalue weighted by atomic mass is 14.7. The SMILES string of the molecule is CC=C(C)C(C)=Nc1ccccc1. The third-order valence-corrected chi connectivity index (χ3v) is 2.06. The first-order chi connectivity index (χ1) is 6.24. The quantitative estimate of drug-likeness (QED) is 0.604. The lowest BCUT2D eigenvalue weighted by atomic mass is 10.2. The smallest absolute Gasteiger partial charge is 0.0632 e. The molecule has 0 saturated heterocycles. The number of benzene rings is 1. The molecule has 13 heavy (non-hydrogen) atoms. The Bertz CT molecular complexity index is 320. The molecule has 0 heterocycles. The van der Waals surface area contributed by atoms with E-state index in [9.17, 15) is 0 Å². The highest BCUT2D eigenvalue weighted by Gasteiger charge is 1.92. The third-order valence-electron chi connectivity index (χ3n) is 2.06. The van der Waals surface area contributed by atoms with Gasteiger partial charge in [-0.3, -0.25) is 4.99 Å². The number of aliphatic imine (C=N–C) groups is 1. The monoisotopic (exact) mass is 173 g/mol. The van der Waals surface area contributed by atoms with Gasteiger partial charge in [0.15, 0.2) is 0 Å². The van der Waals surface area contributed by atoms with Crippen LogP contribution in [-0.4, -0.2) is 5.71 Å². The Morgan fingerprint density at radius 3 is 2.31 bits per heavy atom. The van der Waals surface area contributed by atoms with Gasteiger partial charge in [-0.15, -0.1) is 0 Å². The lowest BCUT2D eigenvalue weighted by Crippen LogP contribution is -1.91. The van der Waals surface area contributed by atoms with Gasteiger partial charge >= 0.3 is 0 Å². The van der Waals surface area contributed by atoms with E-state index >= 15 is 0 Å². The Labute approximate surface area is 79.8 Å². The van der Waals surface area contributed by atoms with Gasteiger partial charge in [0.25, 0.3) is 0 Å². The molecule has 0 aliphatic carbocycles. The standard InChI is InChI=1S/C12H15N/c1-4-10(2)11(3)13-12-8-6-5-7-9-12/h4-9H,1-3H3. The van der Waals surface area contributed by atoms with Crippen molar-refractivity contribution in [1.29, 1.82) is 0 Å².